The highest BCUT2D eigenvalue weighted by molar-refractivity contribution is 5.67. The number of nitrogens with zero attached hydrogens (tertiary/aromatic N) is 1. The van der Waals surface area contributed by atoms with Crippen molar-refractivity contribution < 1.29 is 19.4 Å². The van der Waals surface area contributed by atoms with E-state index in [0.717, 1.165) is 4.90 Å². The van der Waals surface area contributed by atoms with Crippen molar-refractivity contribution >= 4 is 6.09 Å². The van der Waals surface area contributed by atoms with Crippen LogP contribution in [0.2, 0.25) is 0 Å². The maximum Gasteiger partial charge on any atom is 0.411 e. The van der Waals surface area contributed by atoms with E-state index in [0.29, 0.717) is 12.3 Å². The van der Waals surface area contributed by atoms with Crippen LogP contribution < -0.4 is 0 Å². The van der Waals surface area contributed by atoms with Gasteiger partial charge in [0.1, 0.15) is 11.9 Å². The molecule has 0 radical (unpaired) electrons. The molecule has 0 aromatic carbocycles. The average molecular weight is 157 g/mol. The largest absolute Gasteiger partial charge is 0.467 e. The number of carbonyl (C=O) groups is 1. The van der Waals surface area contributed by atoms with Crippen molar-refractivity contribution in [3.63, 3.8) is 0 Å². The first-order valence-electron chi connectivity index (χ1n) is 3.23. The highest BCUT2D eigenvalue weighted by Crippen LogP contribution is 2.24. The molecule has 2 rings (SSSR count). The molecule has 2 aliphatic rings. The van der Waals surface area contributed by atoms with Crippen LogP contribution >= 0.6 is 0 Å². The normalized spacial score (nSPS) is 27.8. The predicted octanol–water partition coefficient (Wildman–Crippen LogP) is 0.194. The van der Waals surface area contributed by atoms with E-state index in [1.807, 2.05) is 0 Å². The summed E-state index contributed by atoms with van der Waals surface area (Å²) >= 11 is 0. The van der Waals surface area contributed by atoms with Crippen LogP contribution in [-0.2, 0) is 9.47 Å². The van der Waals surface area contributed by atoms with Crippen molar-refractivity contribution in [1.29, 1.82) is 0 Å². The molecule has 0 aromatic rings. The Morgan fingerprint density at radius 1 is 1.82 bits per heavy atom. The fourth-order valence-corrected chi connectivity index (χ4v) is 1.14. The van der Waals surface area contributed by atoms with Gasteiger partial charge in [-0.1, -0.05) is 0 Å². The van der Waals surface area contributed by atoms with Crippen LogP contribution in [0.5, 0.6) is 0 Å². The van der Waals surface area contributed by atoms with E-state index in [9.17, 15) is 4.79 Å². The van der Waals surface area contributed by atoms with Crippen LogP contribution in [-0.4, -0.2) is 35.5 Å². The molecule has 11 heavy (non-hydrogen) atoms. The van der Waals surface area contributed by atoms with Crippen LogP contribution in [0.25, 0.3) is 0 Å². The number of fused-ring (bicyclic) bond motifs is 1. The second kappa shape index (κ2) is 2.13. The third kappa shape index (κ3) is 0.932. The van der Waals surface area contributed by atoms with Gasteiger partial charge in [-0.05, 0) is 0 Å². The van der Waals surface area contributed by atoms with Crippen LogP contribution in [0.1, 0.15) is 0 Å². The summed E-state index contributed by atoms with van der Waals surface area (Å²) in [6.07, 6.45) is 0.310. The molecular weight excluding hydrogens is 150 g/mol. The number of amides is 1. The summed E-state index contributed by atoms with van der Waals surface area (Å²) in [5, 5.41) is 8.54. The van der Waals surface area contributed by atoms with E-state index in [-0.39, 0.29) is 12.9 Å². The Morgan fingerprint density at radius 3 is 3.27 bits per heavy atom. The first-order valence-corrected chi connectivity index (χ1v) is 3.23. The van der Waals surface area contributed by atoms with E-state index < -0.39 is 6.09 Å². The molecule has 2 heterocycles. The van der Waals surface area contributed by atoms with Crippen LogP contribution in [0.4, 0.5) is 4.79 Å². The lowest BCUT2D eigenvalue weighted by Crippen LogP contribution is -2.26. The zero-order valence-corrected chi connectivity index (χ0v) is 5.69. The molecule has 0 aliphatic carbocycles. The van der Waals surface area contributed by atoms with Crippen molar-refractivity contribution in [3.05, 3.63) is 12.0 Å². The second-order valence-electron chi connectivity index (χ2n) is 2.38. The Balaban J connectivity index is 2.13. The summed E-state index contributed by atoms with van der Waals surface area (Å²) in [6, 6.07) is 0. The molecule has 1 fully saturated rings. The number of hydrogen-bond acceptors (Lipinski definition) is 3. The highest BCUT2D eigenvalue weighted by atomic mass is 16.7. The van der Waals surface area contributed by atoms with Gasteiger partial charge in [-0.3, -0.25) is 4.90 Å². The van der Waals surface area contributed by atoms with E-state index in [1.165, 1.54) is 6.20 Å². The van der Waals surface area contributed by atoms with Crippen LogP contribution in [0.3, 0.4) is 0 Å². The Kier molecular flexibility index (Phi) is 1.25. The third-order valence-corrected chi connectivity index (χ3v) is 1.70. The van der Waals surface area contributed by atoms with Gasteiger partial charge in [0.05, 0.1) is 12.7 Å². The molecule has 60 valence electrons. The van der Waals surface area contributed by atoms with Gasteiger partial charge in [0.15, 0.2) is 6.79 Å². The minimum Gasteiger partial charge on any atom is -0.467 e. The van der Waals surface area contributed by atoms with Crippen LogP contribution in [0, 0.1) is 0 Å². The zero-order chi connectivity index (χ0) is 7.84. The molecular formula is C6H7NO4. The lowest BCUT2D eigenvalue weighted by atomic mass is 10.4. The summed E-state index contributed by atoms with van der Waals surface area (Å²) in [4.78, 5) is 11.6. The molecule has 1 unspecified atom stereocenters. The molecule has 1 amide bonds. The summed E-state index contributed by atoms with van der Waals surface area (Å²) in [5.74, 6) is 0.618. The van der Waals surface area contributed by atoms with Gasteiger partial charge in [0.2, 0.25) is 0 Å². The second-order valence-corrected chi connectivity index (χ2v) is 2.38. The lowest BCUT2D eigenvalue weighted by Gasteiger charge is -2.08. The fraction of sp³-hybridized carbons (Fsp3) is 0.500. The molecule has 0 aromatic heterocycles. The first kappa shape index (κ1) is 6.48. The molecule has 2 aliphatic heterocycles. The Labute approximate surface area is 62.8 Å². The average Bonchev–Trinajstić information content (AvgIpc) is 2.40. The summed E-state index contributed by atoms with van der Waals surface area (Å²) in [5.41, 5.74) is 0. The van der Waals surface area contributed by atoms with E-state index in [2.05, 4.69) is 0 Å². The van der Waals surface area contributed by atoms with Crippen LogP contribution in [0.15, 0.2) is 12.0 Å². The van der Waals surface area contributed by atoms with E-state index in [4.69, 9.17) is 14.6 Å². The number of hydrogen-bond donors (Lipinski definition) is 1. The number of ether oxygens (including phenoxy) is 2. The van der Waals surface area contributed by atoms with E-state index >= 15 is 0 Å². The van der Waals surface area contributed by atoms with Gasteiger partial charge in [0, 0.05) is 0 Å². The molecule has 1 saturated heterocycles. The molecule has 5 heteroatoms. The van der Waals surface area contributed by atoms with Gasteiger partial charge >= 0.3 is 6.09 Å². The highest BCUT2D eigenvalue weighted by Gasteiger charge is 2.33. The van der Waals surface area contributed by atoms with Crippen molar-refractivity contribution in [1.82, 2.24) is 4.90 Å². The Morgan fingerprint density at radius 2 is 2.64 bits per heavy atom. The topological polar surface area (TPSA) is 59.0 Å². The summed E-state index contributed by atoms with van der Waals surface area (Å²) < 4.78 is 10.1. The molecule has 1 atom stereocenters. The Bertz CT molecular complexity index is 225. The maximum atomic E-state index is 10.4. The Hall–Kier alpha value is -1.23. The van der Waals surface area contributed by atoms with Crippen molar-refractivity contribution in [2.75, 3.05) is 13.3 Å². The van der Waals surface area contributed by atoms with Gasteiger partial charge < -0.3 is 14.6 Å². The third-order valence-electron chi connectivity index (χ3n) is 1.70. The summed E-state index contributed by atoms with van der Waals surface area (Å²) in [6.45, 7) is 0.592. The van der Waals surface area contributed by atoms with Gasteiger partial charge in [0.25, 0.3) is 0 Å². The zero-order valence-electron chi connectivity index (χ0n) is 5.69. The smallest absolute Gasteiger partial charge is 0.411 e. The first-order chi connectivity index (χ1) is 5.27. The standard InChI is InChI=1S/C6H7NO4/c8-6(9)7-1-4-5(2-7)11-3-10-4/h1,5H,2-3H2,(H,8,9). The molecule has 1 N–H and O–H groups in total. The lowest BCUT2D eigenvalue weighted by molar-refractivity contribution is 0.0382. The summed E-state index contributed by atoms with van der Waals surface area (Å²) in [7, 11) is 0. The molecule has 0 saturated carbocycles. The number of rotatable bonds is 0. The van der Waals surface area contributed by atoms with Gasteiger partial charge in [-0.15, -0.1) is 0 Å². The van der Waals surface area contributed by atoms with Gasteiger partial charge in [-0.25, -0.2) is 4.79 Å². The quantitative estimate of drug-likeness (QED) is 0.545. The number of carboxylic acid groups (broad SMARTS) is 1. The SMILES string of the molecule is O=C(O)N1C=C2OCOC2C1. The van der Waals surface area contributed by atoms with E-state index in [1.54, 1.807) is 0 Å². The van der Waals surface area contributed by atoms with Gasteiger partial charge in [-0.2, -0.15) is 0 Å². The predicted molar refractivity (Wildman–Crippen MR) is 33.6 cm³/mol. The monoisotopic (exact) mass is 157 g/mol. The maximum absolute atomic E-state index is 10.4. The minimum absolute atomic E-state index is 0.175. The fourth-order valence-electron chi connectivity index (χ4n) is 1.14. The minimum atomic E-state index is -0.973. The van der Waals surface area contributed by atoms with Crippen molar-refractivity contribution in [2.24, 2.45) is 0 Å². The van der Waals surface area contributed by atoms with Crippen molar-refractivity contribution in [3.8, 4) is 0 Å². The van der Waals surface area contributed by atoms with Crippen molar-refractivity contribution in [2.45, 2.75) is 6.10 Å². The molecule has 0 spiro atoms. The molecule has 0 bridgehead atoms. The molecule has 5 nitrogen and oxygen atoms in total.